The third kappa shape index (κ3) is 5.91. The minimum atomic E-state index is 0.197. The lowest BCUT2D eigenvalue weighted by molar-refractivity contribution is -0.122. The molecule has 1 saturated heterocycles. The molecule has 4 nitrogen and oxygen atoms in total. The minimum absolute atomic E-state index is 0.197. The van der Waals surface area contributed by atoms with Crippen molar-refractivity contribution in [3.05, 3.63) is 0 Å². The summed E-state index contributed by atoms with van der Waals surface area (Å²) in [5.41, 5.74) is 0. The van der Waals surface area contributed by atoms with E-state index in [0.29, 0.717) is 6.54 Å². The fraction of sp³-hybridized carbons (Fsp3) is 0.933. The van der Waals surface area contributed by atoms with Gasteiger partial charge in [-0.25, -0.2) is 0 Å². The van der Waals surface area contributed by atoms with Crippen LogP contribution in [-0.2, 0) is 4.79 Å². The molecule has 1 heterocycles. The van der Waals surface area contributed by atoms with Crippen molar-refractivity contribution in [2.45, 2.75) is 51.5 Å². The summed E-state index contributed by atoms with van der Waals surface area (Å²) in [5.74, 6) is 1.02. The molecule has 1 aliphatic carbocycles. The van der Waals surface area contributed by atoms with Gasteiger partial charge in [-0.1, -0.05) is 13.3 Å². The summed E-state index contributed by atoms with van der Waals surface area (Å²) in [6.45, 7) is 6.91. The molecule has 1 amide bonds. The smallest absolute Gasteiger partial charge is 0.234 e. The predicted molar refractivity (Wildman–Crippen MR) is 78.1 cm³/mol. The van der Waals surface area contributed by atoms with E-state index in [4.69, 9.17) is 0 Å². The Morgan fingerprint density at radius 3 is 2.58 bits per heavy atom. The molecular weight excluding hydrogens is 238 g/mol. The van der Waals surface area contributed by atoms with Gasteiger partial charge in [0.25, 0.3) is 0 Å². The number of carbonyl (C=O) groups is 1. The van der Waals surface area contributed by atoms with Gasteiger partial charge in [-0.3, -0.25) is 9.69 Å². The van der Waals surface area contributed by atoms with Crippen molar-refractivity contribution >= 4 is 5.91 Å². The summed E-state index contributed by atoms with van der Waals surface area (Å²) >= 11 is 0. The summed E-state index contributed by atoms with van der Waals surface area (Å²) in [5, 5.41) is 6.62. The first-order valence-corrected chi connectivity index (χ1v) is 8.00. The molecule has 0 spiro atoms. The molecule has 1 aliphatic heterocycles. The molecular formula is C15H29N3O. The Morgan fingerprint density at radius 1 is 1.21 bits per heavy atom. The van der Waals surface area contributed by atoms with Crippen LogP contribution >= 0.6 is 0 Å². The Hall–Kier alpha value is -0.610. The van der Waals surface area contributed by atoms with Gasteiger partial charge in [0.15, 0.2) is 0 Å². The van der Waals surface area contributed by atoms with Crippen LogP contribution in [0.25, 0.3) is 0 Å². The van der Waals surface area contributed by atoms with Crippen molar-refractivity contribution in [2.24, 2.45) is 5.92 Å². The van der Waals surface area contributed by atoms with Crippen LogP contribution in [-0.4, -0.2) is 49.6 Å². The monoisotopic (exact) mass is 267 g/mol. The molecule has 2 rings (SSSR count). The first-order chi connectivity index (χ1) is 9.28. The van der Waals surface area contributed by atoms with Crippen molar-refractivity contribution in [3.8, 4) is 0 Å². The lowest BCUT2D eigenvalue weighted by atomic mass is 9.97. The van der Waals surface area contributed by atoms with E-state index in [9.17, 15) is 4.79 Å². The maximum absolute atomic E-state index is 11.7. The number of nitrogens with one attached hydrogen (secondary N) is 2. The van der Waals surface area contributed by atoms with Gasteiger partial charge in [-0.2, -0.15) is 0 Å². The Balaban J connectivity index is 1.53. The highest BCUT2D eigenvalue weighted by Gasteiger charge is 2.24. The van der Waals surface area contributed by atoms with Crippen LogP contribution in [0.1, 0.15) is 45.4 Å². The summed E-state index contributed by atoms with van der Waals surface area (Å²) in [7, 11) is 0. The molecule has 2 fully saturated rings. The fourth-order valence-corrected chi connectivity index (χ4v) is 2.63. The molecule has 0 aromatic rings. The van der Waals surface area contributed by atoms with Gasteiger partial charge in [0.2, 0.25) is 5.91 Å². The topological polar surface area (TPSA) is 44.4 Å². The maximum Gasteiger partial charge on any atom is 0.234 e. The van der Waals surface area contributed by atoms with Gasteiger partial charge in [0.1, 0.15) is 0 Å². The molecule has 0 aromatic heterocycles. The van der Waals surface area contributed by atoms with Crippen molar-refractivity contribution in [1.82, 2.24) is 15.5 Å². The van der Waals surface area contributed by atoms with Gasteiger partial charge in [-0.15, -0.1) is 0 Å². The first kappa shape index (κ1) is 14.8. The normalized spacial score (nSPS) is 21.5. The number of piperidine rings is 1. The van der Waals surface area contributed by atoms with Crippen LogP contribution in [0.15, 0.2) is 0 Å². The summed E-state index contributed by atoms with van der Waals surface area (Å²) < 4.78 is 0. The molecule has 2 aliphatic rings. The number of likely N-dealkylation sites (tertiary alicyclic amines) is 1. The second-order valence-corrected chi connectivity index (χ2v) is 6.11. The summed E-state index contributed by atoms with van der Waals surface area (Å²) in [6.07, 6.45) is 7.44. The zero-order chi connectivity index (χ0) is 13.5. The van der Waals surface area contributed by atoms with Crippen molar-refractivity contribution < 1.29 is 4.79 Å². The molecule has 110 valence electrons. The summed E-state index contributed by atoms with van der Waals surface area (Å²) in [4.78, 5) is 14.0. The number of hydrogen-bond acceptors (Lipinski definition) is 3. The first-order valence-electron chi connectivity index (χ1n) is 8.00. The van der Waals surface area contributed by atoms with Crippen LogP contribution in [0.4, 0.5) is 0 Å². The van der Waals surface area contributed by atoms with Crippen molar-refractivity contribution in [3.63, 3.8) is 0 Å². The fourth-order valence-electron chi connectivity index (χ4n) is 2.63. The second-order valence-electron chi connectivity index (χ2n) is 6.11. The largest absolute Gasteiger partial charge is 0.355 e. The number of amides is 1. The SMILES string of the molecule is CCCCNC(=O)CN1CCC(CNC2CC2)CC1. The van der Waals surface area contributed by atoms with E-state index in [0.717, 1.165) is 44.4 Å². The Morgan fingerprint density at radius 2 is 1.95 bits per heavy atom. The third-order valence-electron chi connectivity index (χ3n) is 4.20. The highest BCUT2D eigenvalue weighted by Crippen LogP contribution is 2.21. The zero-order valence-corrected chi connectivity index (χ0v) is 12.3. The average Bonchev–Trinajstić information content (AvgIpc) is 3.22. The lowest BCUT2D eigenvalue weighted by Crippen LogP contribution is -2.43. The van der Waals surface area contributed by atoms with E-state index in [1.807, 2.05) is 0 Å². The Bertz CT molecular complexity index is 271. The number of rotatable bonds is 8. The van der Waals surface area contributed by atoms with Gasteiger partial charge in [0.05, 0.1) is 6.54 Å². The van der Waals surface area contributed by atoms with Crippen molar-refractivity contribution in [2.75, 3.05) is 32.7 Å². The molecule has 4 heteroatoms. The quantitative estimate of drug-likeness (QED) is 0.653. The van der Waals surface area contributed by atoms with Crippen LogP contribution in [0.2, 0.25) is 0 Å². The van der Waals surface area contributed by atoms with E-state index in [2.05, 4.69) is 22.5 Å². The average molecular weight is 267 g/mol. The molecule has 0 unspecified atom stereocenters. The van der Waals surface area contributed by atoms with Gasteiger partial charge in [0, 0.05) is 12.6 Å². The molecule has 0 radical (unpaired) electrons. The molecule has 0 bridgehead atoms. The van der Waals surface area contributed by atoms with Crippen LogP contribution in [0.5, 0.6) is 0 Å². The number of carbonyl (C=O) groups excluding carboxylic acids is 1. The minimum Gasteiger partial charge on any atom is -0.355 e. The maximum atomic E-state index is 11.7. The predicted octanol–water partition coefficient (Wildman–Crippen LogP) is 1.37. The van der Waals surface area contributed by atoms with Crippen LogP contribution in [0.3, 0.4) is 0 Å². The Labute approximate surface area is 117 Å². The Kier molecular flexibility index (Phi) is 6.11. The number of hydrogen-bond donors (Lipinski definition) is 2. The molecule has 2 N–H and O–H groups in total. The third-order valence-corrected chi connectivity index (χ3v) is 4.20. The molecule has 1 saturated carbocycles. The standard InChI is InChI=1S/C15H29N3O/c1-2-3-8-16-15(19)12-18-9-6-13(7-10-18)11-17-14-4-5-14/h13-14,17H,2-12H2,1H3,(H,16,19). The van der Waals surface area contributed by atoms with Crippen LogP contribution < -0.4 is 10.6 Å². The van der Waals surface area contributed by atoms with Crippen molar-refractivity contribution in [1.29, 1.82) is 0 Å². The second kappa shape index (κ2) is 7.85. The van der Waals surface area contributed by atoms with Gasteiger partial charge in [-0.05, 0) is 57.7 Å². The number of unbranched alkanes of at least 4 members (excludes halogenated alkanes) is 1. The zero-order valence-electron chi connectivity index (χ0n) is 12.3. The summed E-state index contributed by atoms with van der Waals surface area (Å²) in [6, 6.07) is 0.822. The van der Waals surface area contributed by atoms with Gasteiger partial charge >= 0.3 is 0 Å². The van der Waals surface area contributed by atoms with E-state index >= 15 is 0 Å². The molecule has 19 heavy (non-hydrogen) atoms. The molecule has 0 atom stereocenters. The highest BCUT2D eigenvalue weighted by molar-refractivity contribution is 5.77. The molecule has 0 aromatic carbocycles. The van der Waals surface area contributed by atoms with Crippen LogP contribution in [0, 0.1) is 5.92 Å². The van der Waals surface area contributed by atoms with E-state index < -0.39 is 0 Å². The highest BCUT2D eigenvalue weighted by atomic mass is 16.2. The van der Waals surface area contributed by atoms with E-state index in [1.54, 1.807) is 0 Å². The van der Waals surface area contributed by atoms with Gasteiger partial charge < -0.3 is 10.6 Å². The van der Waals surface area contributed by atoms with E-state index in [-0.39, 0.29) is 5.91 Å². The lowest BCUT2D eigenvalue weighted by Gasteiger charge is -2.31. The van der Waals surface area contributed by atoms with E-state index in [1.165, 1.54) is 32.2 Å². The number of nitrogens with zero attached hydrogens (tertiary/aromatic N) is 1.